The van der Waals surface area contributed by atoms with Crippen molar-refractivity contribution in [1.82, 2.24) is 0 Å². The average Bonchev–Trinajstić information content (AvgIpc) is 2.67. The molecular weight excluding hydrogens is 312 g/mol. The molecule has 0 bridgehead atoms. The van der Waals surface area contributed by atoms with Crippen LogP contribution >= 0.6 is 0 Å². The number of ether oxygens (including phenoxy) is 1. The minimum absolute atomic E-state index is 0.0834. The van der Waals surface area contributed by atoms with Gasteiger partial charge in [-0.15, -0.1) is 0 Å². The standard InChI is InChI=1S/C21H22N2O2/c1-4-23(5-2)18-12-10-16(11-13-18)14-17(15-22)21(24)19-8-6-7-9-20(19)25-3/h6-14H,4-5H2,1-3H3/b17-14+. The van der Waals surface area contributed by atoms with E-state index in [0.717, 1.165) is 24.3 Å². The molecule has 2 aromatic carbocycles. The van der Waals surface area contributed by atoms with Gasteiger partial charge in [-0.2, -0.15) is 5.26 Å². The van der Waals surface area contributed by atoms with Crippen LogP contribution in [0.5, 0.6) is 5.75 Å². The molecule has 4 heteroatoms. The molecule has 0 aromatic heterocycles. The highest BCUT2D eigenvalue weighted by Crippen LogP contribution is 2.22. The minimum atomic E-state index is -0.340. The first kappa shape index (κ1) is 18.3. The maximum atomic E-state index is 12.6. The monoisotopic (exact) mass is 334 g/mol. The Morgan fingerprint density at radius 2 is 1.76 bits per heavy atom. The number of hydrogen-bond donors (Lipinski definition) is 0. The Kier molecular flexibility index (Phi) is 6.36. The lowest BCUT2D eigenvalue weighted by molar-refractivity contribution is 0.103. The number of hydrogen-bond acceptors (Lipinski definition) is 4. The van der Waals surface area contributed by atoms with Crippen LogP contribution in [0.15, 0.2) is 54.1 Å². The zero-order valence-electron chi connectivity index (χ0n) is 14.8. The Morgan fingerprint density at radius 3 is 2.32 bits per heavy atom. The summed E-state index contributed by atoms with van der Waals surface area (Å²) in [5.41, 5.74) is 2.41. The molecule has 0 N–H and O–H groups in total. The Hall–Kier alpha value is -3.06. The van der Waals surface area contributed by atoms with Crippen LogP contribution in [-0.4, -0.2) is 26.0 Å². The molecule has 2 rings (SSSR count). The van der Waals surface area contributed by atoms with Crippen LogP contribution in [0, 0.1) is 11.3 Å². The van der Waals surface area contributed by atoms with Crippen LogP contribution in [0.2, 0.25) is 0 Å². The minimum Gasteiger partial charge on any atom is -0.496 e. The number of methoxy groups -OCH3 is 1. The molecule has 0 amide bonds. The molecule has 0 unspecified atom stereocenters. The second-order valence-corrected chi connectivity index (χ2v) is 5.46. The Morgan fingerprint density at radius 1 is 1.12 bits per heavy atom. The first-order valence-electron chi connectivity index (χ1n) is 8.29. The van der Waals surface area contributed by atoms with Crippen molar-refractivity contribution in [2.45, 2.75) is 13.8 Å². The van der Waals surface area contributed by atoms with Crippen molar-refractivity contribution < 1.29 is 9.53 Å². The van der Waals surface area contributed by atoms with Crippen molar-refractivity contribution in [2.24, 2.45) is 0 Å². The molecule has 0 radical (unpaired) electrons. The molecule has 0 saturated carbocycles. The van der Waals surface area contributed by atoms with Crippen LogP contribution in [0.3, 0.4) is 0 Å². The van der Waals surface area contributed by atoms with Crippen molar-refractivity contribution in [2.75, 3.05) is 25.1 Å². The summed E-state index contributed by atoms with van der Waals surface area (Å²) in [6.07, 6.45) is 1.61. The summed E-state index contributed by atoms with van der Waals surface area (Å²) in [7, 11) is 1.51. The lowest BCUT2D eigenvalue weighted by Gasteiger charge is -2.20. The molecule has 0 aliphatic carbocycles. The lowest BCUT2D eigenvalue weighted by Crippen LogP contribution is -2.21. The zero-order valence-corrected chi connectivity index (χ0v) is 14.8. The van der Waals surface area contributed by atoms with Crippen LogP contribution in [-0.2, 0) is 0 Å². The van der Waals surface area contributed by atoms with E-state index in [4.69, 9.17) is 4.74 Å². The number of anilines is 1. The van der Waals surface area contributed by atoms with Crippen molar-refractivity contribution in [1.29, 1.82) is 5.26 Å². The van der Waals surface area contributed by atoms with E-state index in [1.165, 1.54) is 7.11 Å². The normalized spacial score (nSPS) is 10.9. The van der Waals surface area contributed by atoms with Crippen molar-refractivity contribution in [3.63, 3.8) is 0 Å². The fourth-order valence-electron chi connectivity index (χ4n) is 2.66. The van der Waals surface area contributed by atoms with Gasteiger partial charge in [0.2, 0.25) is 5.78 Å². The zero-order chi connectivity index (χ0) is 18.2. The number of allylic oxidation sites excluding steroid dienone is 1. The van der Waals surface area contributed by atoms with Crippen LogP contribution in [0.1, 0.15) is 29.8 Å². The van der Waals surface area contributed by atoms with Gasteiger partial charge in [-0.3, -0.25) is 4.79 Å². The third-order valence-electron chi connectivity index (χ3n) is 4.05. The first-order chi connectivity index (χ1) is 12.1. The Balaban J connectivity index is 2.31. The summed E-state index contributed by atoms with van der Waals surface area (Å²) in [5.74, 6) is 0.123. The second kappa shape index (κ2) is 8.70. The van der Waals surface area contributed by atoms with E-state index in [1.54, 1.807) is 30.3 Å². The number of rotatable bonds is 7. The van der Waals surface area contributed by atoms with E-state index in [2.05, 4.69) is 18.7 Å². The van der Waals surface area contributed by atoms with Crippen LogP contribution < -0.4 is 9.64 Å². The topological polar surface area (TPSA) is 53.3 Å². The summed E-state index contributed by atoms with van der Waals surface area (Å²) in [5, 5.41) is 9.41. The number of nitriles is 1. The molecule has 0 aliphatic rings. The molecule has 2 aromatic rings. The quantitative estimate of drug-likeness (QED) is 0.429. The maximum absolute atomic E-state index is 12.6. The van der Waals surface area contributed by atoms with Crippen LogP contribution in [0.4, 0.5) is 5.69 Å². The molecule has 0 atom stereocenters. The summed E-state index contributed by atoms with van der Waals surface area (Å²) in [4.78, 5) is 14.9. The van der Waals surface area contributed by atoms with Crippen LogP contribution in [0.25, 0.3) is 6.08 Å². The summed E-state index contributed by atoms with van der Waals surface area (Å²) in [6, 6.07) is 16.8. The number of benzene rings is 2. The fraction of sp³-hybridized carbons (Fsp3) is 0.238. The molecule has 0 fully saturated rings. The number of Topliss-reactive ketones (excluding diaryl/α,β-unsaturated/α-hetero) is 1. The fourth-order valence-corrected chi connectivity index (χ4v) is 2.66. The van der Waals surface area contributed by atoms with Gasteiger partial charge in [0.25, 0.3) is 0 Å². The highest BCUT2D eigenvalue weighted by molar-refractivity contribution is 6.15. The summed E-state index contributed by atoms with van der Waals surface area (Å²) >= 11 is 0. The highest BCUT2D eigenvalue weighted by atomic mass is 16.5. The van der Waals surface area contributed by atoms with Crippen molar-refractivity contribution in [3.05, 3.63) is 65.2 Å². The maximum Gasteiger partial charge on any atom is 0.207 e. The van der Waals surface area contributed by atoms with Gasteiger partial charge in [0.05, 0.1) is 12.7 Å². The Labute approximate surface area is 149 Å². The molecule has 0 spiro atoms. The Bertz CT molecular complexity index is 797. The highest BCUT2D eigenvalue weighted by Gasteiger charge is 2.16. The summed E-state index contributed by atoms with van der Waals surface area (Å²) < 4.78 is 5.22. The van der Waals surface area contributed by atoms with Gasteiger partial charge in [0.15, 0.2) is 0 Å². The van der Waals surface area contributed by atoms with E-state index in [-0.39, 0.29) is 11.4 Å². The molecule has 25 heavy (non-hydrogen) atoms. The molecular formula is C21H22N2O2. The van der Waals surface area contributed by atoms with Crippen molar-refractivity contribution in [3.8, 4) is 11.8 Å². The van der Waals surface area contributed by atoms with E-state index in [1.807, 2.05) is 30.3 Å². The average molecular weight is 334 g/mol. The van der Waals surface area contributed by atoms with E-state index in [9.17, 15) is 10.1 Å². The predicted molar refractivity (Wildman–Crippen MR) is 101 cm³/mol. The third kappa shape index (κ3) is 4.27. The van der Waals surface area contributed by atoms with Gasteiger partial charge in [-0.05, 0) is 49.8 Å². The molecule has 0 saturated heterocycles. The SMILES string of the molecule is CCN(CC)c1ccc(/C=C(\C#N)C(=O)c2ccccc2OC)cc1. The first-order valence-corrected chi connectivity index (χ1v) is 8.29. The number of carbonyl (C=O) groups is 1. The van der Waals surface area contributed by atoms with Gasteiger partial charge in [-0.1, -0.05) is 24.3 Å². The smallest absolute Gasteiger partial charge is 0.207 e. The van der Waals surface area contributed by atoms with Gasteiger partial charge >= 0.3 is 0 Å². The molecule has 0 heterocycles. The second-order valence-electron chi connectivity index (χ2n) is 5.46. The van der Waals surface area contributed by atoms with Gasteiger partial charge < -0.3 is 9.64 Å². The lowest BCUT2D eigenvalue weighted by atomic mass is 10.0. The molecule has 4 nitrogen and oxygen atoms in total. The van der Waals surface area contributed by atoms with E-state index < -0.39 is 0 Å². The number of para-hydroxylation sites is 1. The number of ketones is 1. The number of nitrogens with zero attached hydrogens (tertiary/aromatic N) is 2. The van der Waals surface area contributed by atoms with Crippen molar-refractivity contribution >= 4 is 17.5 Å². The third-order valence-corrected chi connectivity index (χ3v) is 4.05. The molecule has 0 aliphatic heterocycles. The van der Waals surface area contributed by atoms with E-state index in [0.29, 0.717) is 11.3 Å². The summed E-state index contributed by atoms with van der Waals surface area (Å²) in [6.45, 7) is 6.08. The van der Waals surface area contributed by atoms with Gasteiger partial charge in [0.1, 0.15) is 17.4 Å². The largest absolute Gasteiger partial charge is 0.496 e. The van der Waals surface area contributed by atoms with Gasteiger partial charge in [0, 0.05) is 18.8 Å². The number of carbonyl (C=O) groups excluding carboxylic acids is 1. The van der Waals surface area contributed by atoms with Gasteiger partial charge in [-0.25, -0.2) is 0 Å². The predicted octanol–water partition coefficient (Wildman–Crippen LogP) is 4.33. The molecule has 128 valence electrons. The van der Waals surface area contributed by atoms with E-state index >= 15 is 0 Å².